The summed E-state index contributed by atoms with van der Waals surface area (Å²) in [7, 11) is 0. The van der Waals surface area contributed by atoms with Crippen molar-refractivity contribution in [3.63, 3.8) is 0 Å². The van der Waals surface area contributed by atoms with Crippen molar-refractivity contribution in [1.82, 2.24) is 4.90 Å². The molecule has 4 heteroatoms. The molecule has 1 aliphatic rings. The summed E-state index contributed by atoms with van der Waals surface area (Å²) in [6, 6.07) is 0. The molecule has 0 radical (unpaired) electrons. The molecule has 0 atom stereocenters. The van der Waals surface area contributed by atoms with Gasteiger partial charge in [-0.05, 0) is 31.6 Å². The van der Waals surface area contributed by atoms with E-state index in [2.05, 4.69) is 27.7 Å². The van der Waals surface area contributed by atoms with Crippen LogP contribution in [0.4, 0.5) is 0 Å². The average Bonchev–Trinajstić information content (AvgIpc) is 2.48. The van der Waals surface area contributed by atoms with Crippen LogP contribution < -0.4 is 5.73 Å². The van der Waals surface area contributed by atoms with E-state index >= 15 is 0 Å². The maximum absolute atomic E-state index is 12.7. The molecule has 1 saturated heterocycles. The molecule has 0 aromatic heterocycles. The molecule has 4 nitrogen and oxygen atoms in total. The zero-order valence-corrected chi connectivity index (χ0v) is 13.7. The summed E-state index contributed by atoms with van der Waals surface area (Å²) in [5.41, 5.74) is 5.52. The van der Waals surface area contributed by atoms with Gasteiger partial charge in [0.15, 0.2) is 0 Å². The van der Waals surface area contributed by atoms with Gasteiger partial charge in [0.1, 0.15) is 0 Å². The lowest BCUT2D eigenvalue weighted by molar-refractivity contribution is -0.145. The van der Waals surface area contributed by atoms with Crippen molar-refractivity contribution < 1.29 is 9.53 Å². The zero-order chi connectivity index (χ0) is 15.2. The number of carbonyl (C=O) groups excluding carboxylic acids is 1. The number of amides is 1. The third-order valence-electron chi connectivity index (χ3n) is 4.59. The molecule has 1 heterocycles. The molecular formula is C16H32N2O2. The van der Waals surface area contributed by atoms with E-state index in [0.717, 1.165) is 45.4 Å². The quantitative estimate of drug-likeness (QED) is 0.781. The molecular weight excluding hydrogens is 252 g/mol. The molecule has 1 amide bonds. The van der Waals surface area contributed by atoms with Gasteiger partial charge in [0.25, 0.3) is 0 Å². The van der Waals surface area contributed by atoms with Crippen LogP contribution >= 0.6 is 0 Å². The first-order valence-electron chi connectivity index (χ1n) is 8.10. The minimum atomic E-state index is -0.356. The molecule has 0 aromatic rings. The monoisotopic (exact) mass is 284 g/mol. The Balaban J connectivity index is 2.50. The van der Waals surface area contributed by atoms with Crippen LogP contribution in [0.15, 0.2) is 0 Å². The highest BCUT2D eigenvalue weighted by Gasteiger charge is 2.38. The van der Waals surface area contributed by atoms with Crippen LogP contribution in [-0.2, 0) is 9.53 Å². The van der Waals surface area contributed by atoms with Gasteiger partial charge in [-0.2, -0.15) is 0 Å². The number of nitrogens with zero attached hydrogens (tertiary/aromatic N) is 1. The van der Waals surface area contributed by atoms with Crippen LogP contribution in [0.5, 0.6) is 0 Å². The molecule has 1 fully saturated rings. The van der Waals surface area contributed by atoms with Gasteiger partial charge in [0.05, 0.1) is 11.5 Å². The van der Waals surface area contributed by atoms with E-state index in [0.29, 0.717) is 18.6 Å². The molecule has 1 rings (SSSR count). The lowest BCUT2D eigenvalue weighted by Gasteiger charge is -2.39. The van der Waals surface area contributed by atoms with Crippen LogP contribution in [0.3, 0.4) is 0 Å². The molecule has 0 unspecified atom stereocenters. The van der Waals surface area contributed by atoms with E-state index in [1.165, 1.54) is 0 Å². The number of rotatable bonds is 7. The van der Waals surface area contributed by atoms with Crippen LogP contribution in [-0.4, -0.2) is 43.2 Å². The third kappa shape index (κ3) is 4.19. The predicted octanol–water partition coefficient (Wildman–Crippen LogP) is 2.42. The van der Waals surface area contributed by atoms with Gasteiger partial charge < -0.3 is 15.4 Å². The van der Waals surface area contributed by atoms with E-state index in [1.807, 2.05) is 4.90 Å². The zero-order valence-electron chi connectivity index (χ0n) is 13.7. The Morgan fingerprint density at radius 1 is 1.30 bits per heavy atom. The number of ether oxygens (including phenoxy) is 1. The Hall–Kier alpha value is -0.610. The van der Waals surface area contributed by atoms with Crippen molar-refractivity contribution in [2.45, 2.75) is 59.5 Å². The van der Waals surface area contributed by atoms with Crippen LogP contribution in [0.2, 0.25) is 0 Å². The van der Waals surface area contributed by atoms with Crippen LogP contribution in [0, 0.1) is 11.3 Å². The van der Waals surface area contributed by atoms with Crippen molar-refractivity contribution >= 4 is 5.91 Å². The second-order valence-electron chi connectivity index (χ2n) is 6.41. The molecule has 2 N–H and O–H groups in total. The van der Waals surface area contributed by atoms with E-state index in [4.69, 9.17) is 10.5 Å². The Morgan fingerprint density at radius 2 is 1.85 bits per heavy atom. The fourth-order valence-corrected chi connectivity index (χ4v) is 2.82. The first kappa shape index (κ1) is 17.4. The molecule has 0 spiro atoms. The minimum absolute atomic E-state index is 0.243. The Morgan fingerprint density at radius 3 is 2.25 bits per heavy atom. The SMILES string of the molecule is CCC(CC)(CN)C(=O)N1CCC(OCC(C)C)CC1. The van der Waals surface area contributed by atoms with E-state index < -0.39 is 0 Å². The fourth-order valence-electron chi connectivity index (χ4n) is 2.82. The summed E-state index contributed by atoms with van der Waals surface area (Å²) in [5, 5.41) is 0. The maximum Gasteiger partial charge on any atom is 0.230 e. The highest BCUT2D eigenvalue weighted by molar-refractivity contribution is 5.83. The van der Waals surface area contributed by atoms with Crippen molar-refractivity contribution in [2.24, 2.45) is 17.1 Å². The number of hydrogen-bond donors (Lipinski definition) is 1. The fraction of sp³-hybridized carbons (Fsp3) is 0.938. The number of piperidine rings is 1. The summed E-state index contributed by atoms with van der Waals surface area (Å²) < 4.78 is 5.87. The summed E-state index contributed by atoms with van der Waals surface area (Å²) in [5.74, 6) is 0.812. The predicted molar refractivity (Wildman–Crippen MR) is 82.5 cm³/mol. The molecule has 1 aliphatic heterocycles. The molecule has 0 aliphatic carbocycles. The largest absolute Gasteiger partial charge is 0.378 e. The molecule has 0 saturated carbocycles. The summed E-state index contributed by atoms with van der Waals surface area (Å²) in [6.45, 7) is 11.3. The van der Waals surface area contributed by atoms with Crippen LogP contribution in [0.25, 0.3) is 0 Å². The summed E-state index contributed by atoms with van der Waals surface area (Å²) in [6.07, 6.45) is 3.86. The molecule has 20 heavy (non-hydrogen) atoms. The third-order valence-corrected chi connectivity index (χ3v) is 4.59. The first-order chi connectivity index (χ1) is 9.49. The van der Waals surface area contributed by atoms with Crippen LogP contribution in [0.1, 0.15) is 53.4 Å². The Labute approximate surface area is 124 Å². The smallest absolute Gasteiger partial charge is 0.230 e. The van der Waals surface area contributed by atoms with Gasteiger partial charge in [-0.15, -0.1) is 0 Å². The Bertz CT molecular complexity index is 285. The minimum Gasteiger partial charge on any atom is -0.378 e. The van der Waals surface area contributed by atoms with Gasteiger partial charge in [-0.1, -0.05) is 27.7 Å². The van der Waals surface area contributed by atoms with E-state index in [1.54, 1.807) is 0 Å². The lowest BCUT2D eigenvalue weighted by Crippen LogP contribution is -2.51. The highest BCUT2D eigenvalue weighted by Crippen LogP contribution is 2.29. The van der Waals surface area contributed by atoms with Gasteiger partial charge in [-0.3, -0.25) is 4.79 Å². The number of likely N-dealkylation sites (tertiary alicyclic amines) is 1. The maximum atomic E-state index is 12.7. The van der Waals surface area contributed by atoms with Gasteiger partial charge in [0, 0.05) is 26.2 Å². The topological polar surface area (TPSA) is 55.6 Å². The average molecular weight is 284 g/mol. The van der Waals surface area contributed by atoms with Crippen molar-refractivity contribution in [2.75, 3.05) is 26.2 Å². The summed E-state index contributed by atoms with van der Waals surface area (Å²) >= 11 is 0. The second kappa shape index (κ2) is 7.99. The highest BCUT2D eigenvalue weighted by atomic mass is 16.5. The van der Waals surface area contributed by atoms with Crippen molar-refractivity contribution in [3.8, 4) is 0 Å². The van der Waals surface area contributed by atoms with Gasteiger partial charge in [-0.25, -0.2) is 0 Å². The number of hydrogen-bond acceptors (Lipinski definition) is 3. The van der Waals surface area contributed by atoms with E-state index in [9.17, 15) is 4.79 Å². The normalized spacial score (nSPS) is 17.8. The van der Waals surface area contributed by atoms with Crippen molar-refractivity contribution in [1.29, 1.82) is 0 Å². The van der Waals surface area contributed by atoms with E-state index in [-0.39, 0.29) is 11.3 Å². The molecule has 0 aromatic carbocycles. The Kier molecular flexibility index (Phi) is 6.96. The van der Waals surface area contributed by atoms with Gasteiger partial charge in [0.2, 0.25) is 5.91 Å². The number of carbonyl (C=O) groups is 1. The number of nitrogens with two attached hydrogens (primary N) is 1. The standard InChI is InChI=1S/C16H32N2O2/c1-5-16(6-2,12-17)15(19)18-9-7-14(8-10-18)20-11-13(3)4/h13-14H,5-12,17H2,1-4H3. The van der Waals surface area contributed by atoms with Crippen molar-refractivity contribution in [3.05, 3.63) is 0 Å². The van der Waals surface area contributed by atoms with Gasteiger partial charge >= 0.3 is 0 Å². The summed E-state index contributed by atoms with van der Waals surface area (Å²) in [4.78, 5) is 14.7. The first-order valence-corrected chi connectivity index (χ1v) is 8.10. The lowest BCUT2D eigenvalue weighted by atomic mass is 9.80. The molecule has 118 valence electrons. The second-order valence-corrected chi connectivity index (χ2v) is 6.41. The molecule has 0 bridgehead atoms.